The van der Waals surface area contributed by atoms with E-state index < -0.39 is 0 Å². The van der Waals surface area contributed by atoms with E-state index in [9.17, 15) is 9.59 Å². The second-order valence-corrected chi connectivity index (χ2v) is 8.92. The number of halogens is 1. The van der Waals surface area contributed by atoms with Crippen LogP contribution >= 0.6 is 11.6 Å². The number of alkyl halides is 1. The fourth-order valence-electron chi connectivity index (χ4n) is 3.98. The van der Waals surface area contributed by atoms with E-state index >= 15 is 0 Å². The third-order valence-corrected chi connectivity index (χ3v) is 5.57. The average Bonchev–Trinajstić information content (AvgIpc) is 2.76. The predicted octanol–water partition coefficient (Wildman–Crippen LogP) is 6.04. The maximum atomic E-state index is 12.5. The molecule has 0 fully saturated rings. The second kappa shape index (κ2) is 11.2. The molecule has 0 radical (unpaired) electrons. The summed E-state index contributed by atoms with van der Waals surface area (Å²) in [5.74, 6) is -0.502. The normalized spacial score (nSPS) is 10.7. The minimum Gasteiger partial charge on any atom is -0.457 e. The average molecular weight is 464 g/mol. The SMILES string of the molecule is Cc1cc(C)cc(CN(Cc2ccc(COC(=O)c3cc(C)cc(C)c3)cc2)C(=O)CCl)c1. The van der Waals surface area contributed by atoms with Gasteiger partial charge in [0.1, 0.15) is 12.5 Å². The molecule has 0 aromatic heterocycles. The van der Waals surface area contributed by atoms with Gasteiger partial charge in [0.05, 0.1) is 5.56 Å². The van der Waals surface area contributed by atoms with Crippen molar-refractivity contribution in [2.24, 2.45) is 0 Å². The Morgan fingerprint density at radius 3 is 1.76 bits per heavy atom. The topological polar surface area (TPSA) is 46.6 Å². The van der Waals surface area contributed by atoms with Crippen LogP contribution in [-0.2, 0) is 29.2 Å². The van der Waals surface area contributed by atoms with Crippen LogP contribution in [-0.4, -0.2) is 22.7 Å². The third-order valence-electron chi connectivity index (χ3n) is 5.35. The van der Waals surface area contributed by atoms with Crippen molar-refractivity contribution >= 4 is 23.5 Å². The molecule has 1 amide bonds. The summed E-state index contributed by atoms with van der Waals surface area (Å²) in [7, 11) is 0. The summed E-state index contributed by atoms with van der Waals surface area (Å²) in [5, 5.41) is 0. The van der Waals surface area contributed by atoms with Crippen LogP contribution in [0.3, 0.4) is 0 Å². The van der Waals surface area contributed by atoms with Crippen LogP contribution in [0, 0.1) is 27.7 Å². The highest BCUT2D eigenvalue weighted by Gasteiger charge is 2.15. The number of nitrogens with zero attached hydrogens (tertiary/aromatic N) is 1. The number of carbonyl (C=O) groups is 2. The van der Waals surface area contributed by atoms with E-state index in [4.69, 9.17) is 16.3 Å². The molecule has 0 aliphatic heterocycles. The van der Waals surface area contributed by atoms with Crippen molar-refractivity contribution in [3.8, 4) is 0 Å². The predicted molar refractivity (Wildman–Crippen MR) is 132 cm³/mol. The van der Waals surface area contributed by atoms with E-state index in [0.717, 1.165) is 27.8 Å². The van der Waals surface area contributed by atoms with Crippen molar-refractivity contribution in [2.45, 2.75) is 47.4 Å². The smallest absolute Gasteiger partial charge is 0.338 e. The molecule has 0 aliphatic carbocycles. The first-order chi connectivity index (χ1) is 15.7. The van der Waals surface area contributed by atoms with Crippen molar-refractivity contribution in [2.75, 3.05) is 5.88 Å². The maximum Gasteiger partial charge on any atom is 0.338 e. The van der Waals surface area contributed by atoms with E-state index in [1.807, 2.05) is 56.3 Å². The van der Waals surface area contributed by atoms with Crippen LogP contribution in [0.2, 0.25) is 0 Å². The minimum atomic E-state index is -0.335. The Morgan fingerprint density at radius 1 is 0.727 bits per heavy atom. The van der Waals surface area contributed by atoms with Crippen LogP contribution in [0.4, 0.5) is 0 Å². The first-order valence-electron chi connectivity index (χ1n) is 11.0. The van der Waals surface area contributed by atoms with Crippen molar-refractivity contribution in [1.29, 1.82) is 0 Å². The number of carbonyl (C=O) groups excluding carboxylic acids is 2. The van der Waals surface area contributed by atoms with Gasteiger partial charge in [-0.05, 0) is 56.5 Å². The van der Waals surface area contributed by atoms with Gasteiger partial charge in [-0.1, -0.05) is 70.8 Å². The molecule has 33 heavy (non-hydrogen) atoms. The number of amides is 1. The molecule has 5 heteroatoms. The number of benzene rings is 3. The Morgan fingerprint density at radius 2 is 1.21 bits per heavy atom. The molecule has 0 saturated carbocycles. The fourth-order valence-corrected chi connectivity index (χ4v) is 4.15. The summed E-state index contributed by atoms with van der Waals surface area (Å²) >= 11 is 5.87. The maximum absolute atomic E-state index is 12.5. The van der Waals surface area contributed by atoms with Crippen LogP contribution in [0.5, 0.6) is 0 Å². The van der Waals surface area contributed by atoms with Gasteiger partial charge in [-0.25, -0.2) is 4.79 Å². The number of aryl methyl sites for hydroxylation is 4. The lowest BCUT2D eigenvalue weighted by molar-refractivity contribution is -0.129. The molecule has 4 nitrogen and oxygen atoms in total. The van der Waals surface area contributed by atoms with Gasteiger partial charge >= 0.3 is 5.97 Å². The quantitative estimate of drug-likeness (QED) is 0.302. The van der Waals surface area contributed by atoms with Gasteiger partial charge in [-0.2, -0.15) is 0 Å². The molecule has 3 aromatic rings. The van der Waals surface area contributed by atoms with E-state index in [-0.39, 0.29) is 24.4 Å². The molecular weight excluding hydrogens is 434 g/mol. The zero-order valence-corrected chi connectivity index (χ0v) is 20.4. The standard InChI is InChI=1S/C28H30ClNO3/c1-19-9-20(2)12-25(11-19)17-30(27(31)15-29)16-23-5-7-24(8-6-23)18-33-28(32)26-13-21(3)10-22(4)14-26/h5-14H,15-18H2,1-4H3. The summed E-state index contributed by atoms with van der Waals surface area (Å²) in [4.78, 5) is 26.6. The van der Waals surface area contributed by atoms with Gasteiger partial charge in [-0.3, -0.25) is 4.79 Å². The zero-order valence-electron chi connectivity index (χ0n) is 19.7. The lowest BCUT2D eigenvalue weighted by Crippen LogP contribution is -2.31. The molecule has 0 aliphatic rings. The minimum absolute atomic E-state index is 0.0583. The Labute approximate surface area is 201 Å². The molecule has 0 saturated heterocycles. The first-order valence-corrected chi connectivity index (χ1v) is 11.5. The highest BCUT2D eigenvalue weighted by molar-refractivity contribution is 6.27. The number of ether oxygens (including phenoxy) is 1. The summed E-state index contributed by atoms with van der Waals surface area (Å²) in [6, 6.07) is 19.7. The lowest BCUT2D eigenvalue weighted by atomic mass is 10.1. The number of esters is 1. The molecule has 172 valence electrons. The third kappa shape index (κ3) is 7.19. The Hall–Kier alpha value is -3.11. The van der Waals surface area contributed by atoms with E-state index in [0.29, 0.717) is 18.7 Å². The first kappa shape index (κ1) is 24.5. The monoisotopic (exact) mass is 463 g/mol. The van der Waals surface area contributed by atoms with Gasteiger partial charge in [-0.15, -0.1) is 11.6 Å². The molecule has 3 aromatic carbocycles. The second-order valence-electron chi connectivity index (χ2n) is 8.65. The Balaban J connectivity index is 1.63. The number of rotatable bonds is 8. The zero-order chi connectivity index (χ0) is 24.0. The molecule has 0 heterocycles. The lowest BCUT2D eigenvalue weighted by Gasteiger charge is -2.23. The van der Waals surface area contributed by atoms with Crippen molar-refractivity contribution in [1.82, 2.24) is 4.90 Å². The fraction of sp³-hybridized carbons (Fsp3) is 0.286. The van der Waals surface area contributed by atoms with Gasteiger partial charge in [0.25, 0.3) is 0 Å². The van der Waals surface area contributed by atoms with Gasteiger partial charge < -0.3 is 9.64 Å². The summed E-state index contributed by atoms with van der Waals surface area (Å²) < 4.78 is 5.48. The van der Waals surface area contributed by atoms with E-state index in [2.05, 4.69) is 32.0 Å². The highest BCUT2D eigenvalue weighted by Crippen LogP contribution is 2.16. The van der Waals surface area contributed by atoms with Crippen LogP contribution in [0.25, 0.3) is 0 Å². The van der Waals surface area contributed by atoms with Crippen molar-refractivity contribution in [3.63, 3.8) is 0 Å². The molecule has 0 bridgehead atoms. The highest BCUT2D eigenvalue weighted by atomic mass is 35.5. The van der Waals surface area contributed by atoms with Gasteiger partial charge in [0.2, 0.25) is 5.91 Å². The van der Waals surface area contributed by atoms with Crippen LogP contribution in [0.1, 0.15) is 49.3 Å². The number of hydrogen-bond donors (Lipinski definition) is 0. The largest absolute Gasteiger partial charge is 0.457 e. The van der Waals surface area contributed by atoms with Gasteiger partial charge in [0, 0.05) is 13.1 Å². The van der Waals surface area contributed by atoms with Crippen molar-refractivity contribution < 1.29 is 14.3 Å². The van der Waals surface area contributed by atoms with Crippen LogP contribution < -0.4 is 0 Å². The Bertz CT molecular complexity index is 1100. The molecule has 0 unspecified atom stereocenters. The summed E-state index contributed by atoms with van der Waals surface area (Å²) in [6.45, 7) is 9.18. The van der Waals surface area contributed by atoms with E-state index in [1.165, 1.54) is 11.1 Å². The molecule has 0 N–H and O–H groups in total. The van der Waals surface area contributed by atoms with Crippen molar-refractivity contribution in [3.05, 3.63) is 105 Å². The number of hydrogen-bond acceptors (Lipinski definition) is 3. The summed E-state index contributed by atoms with van der Waals surface area (Å²) in [6.07, 6.45) is 0. The molecule has 0 spiro atoms. The molecule has 0 atom stereocenters. The Kier molecular flexibility index (Phi) is 8.29. The molecule has 3 rings (SSSR count). The van der Waals surface area contributed by atoms with Gasteiger partial charge in [0.15, 0.2) is 0 Å². The molecular formula is C28H30ClNO3. The summed E-state index contributed by atoms with van der Waals surface area (Å²) in [5.41, 5.74) is 7.92. The van der Waals surface area contributed by atoms with E-state index in [1.54, 1.807) is 4.90 Å². The van der Waals surface area contributed by atoms with Crippen LogP contribution in [0.15, 0.2) is 60.7 Å².